The predicted octanol–water partition coefficient (Wildman–Crippen LogP) is 4.21. The summed E-state index contributed by atoms with van der Waals surface area (Å²) in [5.74, 6) is -0.854. The van der Waals surface area contributed by atoms with Crippen molar-refractivity contribution in [2.24, 2.45) is 0 Å². The molecule has 4 aromatic rings. The van der Waals surface area contributed by atoms with Crippen molar-refractivity contribution >= 4 is 51.5 Å². The number of ketones is 1. The molecule has 1 aromatic heterocycles. The number of rotatable bonds is 5. The van der Waals surface area contributed by atoms with Gasteiger partial charge in [-0.2, -0.15) is 0 Å². The van der Waals surface area contributed by atoms with Gasteiger partial charge in [0.15, 0.2) is 11.3 Å². The average Bonchev–Trinajstić information content (AvgIpc) is 2.73. The maximum absolute atomic E-state index is 12.8. The monoisotopic (exact) mass is 404 g/mol. The molecule has 4 rings (SSSR count). The second-order valence-electron chi connectivity index (χ2n) is 6.23. The van der Waals surface area contributed by atoms with Crippen LogP contribution in [-0.2, 0) is 0 Å². The molecular weight excluding hydrogens is 392 g/mol. The van der Waals surface area contributed by atoms with E-state index in [1.54, 1.807) is 24.3 Å². The van der Waals surface area contributed by atoms with E-state index in [0.29, 0.717) is 16.9 Å². The molecule has 29 heavy (non-hydrogen) atoms. The lowest BCUT2D eigenvalue weighted by molar-refractivity contribution is 0.0697. The third-order valence-electron chi connectivity index (χ3n) is 4.48. The number of carboxylic acid groups (broad SMARTS) is 1. The Kier molecular flexibility index (Phi) is 4.66. The quantitative estimate of drug-likeness (QED) is 0.302. The molecule has 0 fully saturated rings. The van der Waals surface area contributed by atoms with E-state index in [0.717, 1.165) is 5.55 Å². The molecule has 3 aromatic carbocycles. The van der Waals surface area contributed by atoms with Crippen molar-refractivity contribution in [1.82, 2.24) is 0 Å². The SMILES string of the molecule is O=C(O)c1ccc2oc3cc(C(=O)c4ccc(OC=S)cc4)ccc3c(=O)c2c1. The van der Waals surface area contributed by atoms with Gasteiger partial charge >= 0.3 is 5.97 Å². The summed E-state index contributed by atoms with van der Waals surface area (Å²) in [7, 11) is 0. The minimum Gasteiger partial charge on any atom is -0.478 e. The number of fused-ring (bicyclic) bond motifs is 2. The highest BCUT2D eigenvalue weighted by molar-refractivity contribution is 7.78. The summed E-state index contributed by atoms with van der Waals surface area (Å²) in [5, 5.41) is 9.55. The Balaban J connectivity index is 1.79. The van der Waals surface area contributed by atoms with E-state index in [9.17, 15) is 14.4 Å². The molecule has 142 valence electrons. The zero-order chi connectivity index (χ0) is 20.5. The number of hydrogen-bond acceptors (Lipinski definition) is 6. The van der Waals surface area contributed by atoms with Gasteiger partial charge in [-0.15, -0.1) is 0 Å². The Hall–Kier alpha value is -3.84. The molecule has 0 aliphatic carbocycles. The van der Waals surface area contributed by atoms with Crippen LogP contribution in [0.3, 0.4) is 0 Å². The topological polar surface area (TPSA) is 93.8 Å². The van der Waals surface area contributed by atoms with E-state index >= 15 is 0 Å². The number of aromatic carboxylic acids is 1. The van der Waals surface area contributed by atoms with Crippen LogP contribution in [0, 0.1) is 0 Å². The number of carboxylic acids is 1. The standard InChI is InChI=1S/C22H12O6S/c23-20(12-1-5-15(6-2-12)27-11-29)13-3-7-16-19(10-13)28-18-8-4-14(22(25)26)9-17(18)21(16)24/h1-11H,(H,25,26). The Morgan fingerprint density at radius 3 is 2.24 bits per heavy atom. The van der Waals surface area contributed by atoms with Crippen molar-refractivity contribution in [3.8, 4) is 5.75 Å². The summed E-state index contributed by atoms with van der Waals surface area (Å²) in [6.07, 6.45) is 0. The molecule has 0 aliphatic rings. The van der Waals surface area contributed by atoms with Gasteiger partial charge < -0.3 is 14.3 Å². The highest BCUT2D eigenvalue weighted by atomic mass is 32.1. The minimum absolute atomic E-state index is 0.00276. The molecule has 0 spiro atoms. The van der Waals surface area contributed by atoms with Gasteiger partial charge in [-0.05, 0) is 66.8 Å². The summed E-state index contributed by atoms with van der Waals surface area (Å²) in [6.45, 7) is 0. The molecular formula is C22H12O6S. The van der Waals surface area contributed by atoms with E-state index in [1.165, 1.54) is 36.4 Å². The van der Waals surface area contributed by atoms with Crippen LogP contribution in [0.25, 0.3) is 21.9 Å². The van der Waals surface area contributed by atoms with Crippen molar-refractivity contribution < 1.29 is 23.8 Å². The molecule has 6 nitrogen and oxygen atoms in total. The Morgan fingerprint density at radius 1 is 0.862 bits per heavy atom. The van der Waals surface area contributed by atoms with Gasteiger partial charge in [-0.3, -0.25) is 9.59 Å². The molecule has 0 bridgehead atoms. The van der Waals surface area contributed by atoms with Gasteiger partial charge in [0.2, 0.25) is 5.43 Å². The lowest BCUT2D eigenvalue weighted by Gasteiger charge is -2.06. The smallest absolute Gasteiger partial charge is 0.335 e. The van der Waals surface area contributed by atoms with Crippen LogP contribution in [0.4, 0.5) is 0 Å². The number of ether oxygens (including phenoxy) is 1. The molecule has 0 atom stereocenters. The number of hydrogen-bond donors (Lipinski definition) is 1. The first-order valence-electron chi connectivity index (χ1n) is 8.47. The largest absolute Gasteiger partial charge is 0.478 e. The minimum atomic E-state index is -1.13. The summed E-state index contributed by atoms with van der Waals surface area (Å²) in [5.41, 5.74) is 2.06. The van der Waals surface area contributed by atoms with Crippen LogP contribution in [0.15, 0.2) is 69.9 Å². The predicted molar refractivity (Wildman–Crippen MR) is 111 cm³/mol. The van der Waals surface area contributed by atoms with Crippen LogP contribution in [0.1, 0.15) is 26.3 Å². The zero-order valence-electron chi connectivity index (χ0n) is 14.7. The molecule has 0 amide bonds. The maximum atomic E-state index is 12.8. The second kappa shape index (κ2) is 7.29. The van der Waals surface area contributed by atoms with E-state index < -0.39 is 5.97 Å². The molecule has 1 N–H and O–H groups in total. The van der Waals surface area contributed by atoms with Gasteiger partial charge in [-0.1, -0.05) is 6.07 Å². The number of benzene rings is 3. The van der Waals surface area contributed by atoms with Crippen LogP contribution >= 0.6 is 12.2 Å². The lowest BCUT2D eigenvalue weighted by atomic mass is 10.0. The average molecular weight is 404 g/mol. The van der Waals surface area contributed by atoms with Gasteiger partial charge in [-0.25, -0.2) is 4.79 Å². The van der Waals surface area contributed by atoms with Gasteiger partial charge in [0, 0.05) is 11.1 Å². The first kappa shape index (κ1) is 18.5. The molecule has 0 unspecified atom stereocenters. The zero-order valence-corrected chi connectivity index (χ0v) is 15.6. The fourth-order valence-corrected chi connectivity index (χ4v) is 3.15. The summed E-state index contributed by atoms with van der Waals surface area (Å²) in [6, 6.07) is 15.1. The number of carbonyl (C=O) groups is 2. The van der Waals surface area contributed by atoms with Crippen molar-refractivity contribution in [2.45, 2.75) is 0 Å². The van der Waals surface area contributed by atoms with Gasteiger partial charge in [0.05, 0.1) is 16.3 Å². The van der Waals surface area contributed by atoms with Crippen molar-refractivity contribution in [3.05, 3.63) is 87.6 Å². The Morgan fingerprint density at radius 2 is 1.55 bits per heavy atom. The van der Waals surface area contributed by atoms with Crippen molar-refractivity contribution in [1.29, 1.82) is 0 Å². The van der Waals surface area contributed by atoms with Gasteiger partial charge in [0.25, 0.3) is 0 Å². The normalized spacial score (nSPS) is 10.8. The van der Waals surface area contributed by atoms with Crippen LogP contribution in [0.2, 0.25) is 0 Å². The summed E-state index contributed by atoms with van der Waals surface area (Å²) in [4.78, 5) is 36.7. The van der Waals surface area contributed by atoms with E-state index in [1.807, 2.05) is 0 Å². The van der Waals surface area contributed by atoms with Gasteiger partial charge in [0.1, 0.15) is 16.9 Å². The lowest BCUT2D eigenvalue weighted by Crippen LogP contribution is -2.06. The van der Waals surface area contributed by atoms with E-state index in [4.69, 9.17) is 14.3 Å². The maximum Gasteiger partial charge on any atom is 0.335 e. The summed E-state index contributed by atoms with van der Waals surface area (Å²) < 4.78 is 10.8. The van der Waals surface area contributed by atoms with Crippen LogP contribution < -0.4 is 10.2 Å². The first-order chi connectivity index (χ1) is 14.0. The van der Waals surface area contributed by atoms with Crippen molar-refractivity contribution in [2.75, 3.05) is 0 Å². The Bertz CT molecular complexity index is 1350. The fourth-order valence-electron chi connectivity index (χ4n) is 3.04. The molecule has 0 saturated heterocycles. The molecule has 0 radical (unpaired) electrons. The number of thiocarbonyl (C=S) groups is 1. The second-order valence-corrected chi connectivity index (χ2v) is 6.42. The van der Waals surface area contributed by atoms with E-state index in [2.05, 4.69) is 12.2 Å². The van der Waals surface area contributed by atoms with Crippen LogP contribution in [0.5, 0.6) is 5.75 Å². The number of carbonyl (C=O) groups excluding carboxylic acids is 1. The fraction of sp³-hybridized carbons (Fsp3) is 0. The Labute approximate surface area is 169 Å². The van der Waals surface area contributed by atoms with E-state index in [-0.39, 0.29) is 38.7 Å². The van der Waals surface area contributed by atoms with Crippen LogP contribution in [-0.4, -0.2) is 22.4 Å². The molecule has 0 saturated carbocycles. The third-order valence-corrected chi connectivity index (χ3v) is 4.58. The highest BCUT2D eigenvalue weighted by Crippen LogP contribution is 2.23. The molecule has 0 aliphatic heterocycles. The third kappa shape index (κ3) is 3.39. The molecule has 7 heteroatoms. The molecule has 1 heterocycles. The highest BCUT2D eigenvalue weighted by Gasteiger charge is 2.15. The van der Waals surface area contributed by atoms with Crippen molar-refractivity contribution in [3.63, 3.8) is 0 Å². The first-order valence-corrected chi connectivity index (χ1v) is 8.94. The summed E-state index contributed by atoms with van der Waals surface area (Å²) >= 11 is 4.62.